The molecule has 12 heavy (non-hydrogen) atoms. The lowest BCUT2D eigenvalue weighted by Gasteiger charge is -2.23. The normalized spacial score (nSPS) is 19.7. The monoisotopic (exact) mass is 188 g/mol. The molecule has 1 amide bonds. The highest BCUT2D eigenvalue weighted by Gasteiger charge is 2.30. The summed E-state index contributed by atoms with van der Waals surface area (Å²) in [5, 5.41) is 12.1. The van der Waals surface area contributed by atoms with Crippen molar-refractivity contribution in [2.75, 3.05) is 13.2 Å². The quantitative estimate of drug-likeness (QED) is 0.585. The topological polar surface area (TPSA) is 52.6 Å². The van der Waals surface area contributed by atoms with Gasteiger partial charge in [0.25, 0.3) is 0 Å². The van der Waals surface area contributed by atoms with Gasteiger partial charge in [0.15, 0.2) is 5.11 Å². The van der Waals surface area contributed by atoms with Crippen LogP contribution < -0.4 is 5.32 Å². The van der Waals surface area contributed by atoms with Crippen molar-refractivity contribution < 1.29 is 9.90 Å². The van der Waals surface area contributed by atoms with Crippen LogP contribution >= 0.6 is 12.2 Å². The standard InChI is InChI=1S/C7H12N2O2S/c1-2-5(4-10)9-6(11)3-8-7(9)12/h5,10H,2-4H2,1H3,(H,8,12). The summed E-state index contributed by atoms with van der Waals surface area (Å²) in [6.45, 7) is 2.13. The Bertz CT molecular complexity index is 188. The van der Waals surface area contributed by atoms with E-state index in [-0.39, 0.29) is 25.1 Å². The molecular formula is C7H12N2O2S. The van der Waals surface area contributed by atoms with E-state index in [0.717, 1.165) is 0 Å². The number of nitrogens with one attached hydrogen (secondary N) is 1. The SMILES string of the molecule is CCC(CO)N1C(=O)CNC1=S. The predicted molar refractivity (Wildman–Crippen MR) is 48.6 cm³/mol. The second-order valence-corrected chi connectivity index (χ2v) is 3.05. The molecule has 2 N–H and O–H groups in total. The first kappa shape index (κ1) is 9.41. The predicted octanol–water partition coefficient (Wildman–Crippen LogP) is -0.526. The molecule has 0 aliphatic carbocycles. The molecule has 1 rings (SSSR count). The smallest absolute Gasteiger partial charge is 0.248 e. The van der Waals surface area contributed by atoms with Crippen LogP contribution in [-0.4, -0.2) is 40.2 Å². The Morgan fingerprint density at radius 1 is 1.83 bits per heavy atom. The summed E-state index contributed by atoms with van der Waals surface area (Å²) in [5.41, 5.74) is 0. The molecular weight excluding hydrogens is 176 g/mol. The zero-order valence-electron chi connectivity index (χ0n) is 6.91. The van der Waals surface area contributed by atoms with Gasteiger partial charge in [0, 0.05) is 0 Å². The molecule has 1 aliphatic rings. The van der Waals surface area contributed by atoms with Crippen molar-refractivity contribution >= 4 is 23.2 Å². The van der Waals surface area contributed by atoms with E-state index in [1.807, 2.05) is 6.92 Å². The zero-order valence-corrected chi connectivity index (χ0v) is 7.73. The van der Waals surface area contributed by atoms with Crippen LogP contribution in [0.4, 0.5) is 0 Å². The van der Waals surface area contributed by atoms with E-state index < -0.39 is 0 Å². The van der Waals surface area contributed by atoms with Gasteiger partial charge in [-0.05, 0) is 18.6 Å². The van der Waals surface area contributed by atoms with Crippen LogP contribution in [0.25, 0.3) is 0 Å². The molecule has 4 nitrogen and oxygen atoms in total. The second kappa shape index (κ2) is 3.82. The number of carbonyl (C=O) groups is 1. The van der Waals surface area contributed by atoms with E-state index in [4.69, 9.17) is 17.3 Å². The Morgan fingerprint density at radius 2 is 2.50 bits per heavy atom. The van der Waals surface area contributed by atoms with Crippen LogP contribution in [0.1, 0.15) is 13.3 Å². The Labute approximate surface area is 76.5 Å². The van der Waals surface area contributed by atoms with Gasteiger partial charge in [-0.1, -0.05) is 6.92 Å². The third-order valence-electron chi connectivity index (χ3n) is 1.93. The Kier molecular flexibility index (Phi) is 2.99. The van der Waals surface area contributed by atoms with Gasteiger partial charge in [-0.2, -0.15) is 0 Å². The van der Waals surface area contributed by atoms with Crippen LogP contribution in [0.2, 0.25) is 0 Å². The molecule has 5 heteroatoms. The highest BCUT2D eigenvalue weighted by atomic mass is 32.1. The zero-order chi connectivity index (χ0) is 9.14. The lowest BCUT2D eigenvalue weighted by Crippen LogP contribution is -2.42. The van der Waals surface area contributed by atoms with Gasteiger partial charge in [-0.3, -0.25) is 9.69 Å². The van der Waals surface area contributed by atoms with Gasteiger partial charge in [0.1, 0.15) is 0 Å². The van der Waals surface area contributed by atoms with Crippen LogP contribution in [0.15, 0.2) is 0 Å². The van der Waals surface area contributed by atoms with Crippen LogP contribution in [-0.2, 0) is 4.79 Å². The molecule has 0 bridgehead atoms. The first-order valence-corrected chi connectivity index (χ1v) is 4.32. The summed E-state index contributed by atoms with van der Waals surface area (Å²) < 4.78 is 0. The Balaban J connectivity index is 2.70. The maximum absolute atomic E-state index is 11.2. The van der Waals surface area contributed by atoms with Gasteiger partial charge >= 0.3 is 0 Å². The number of thiocarbonyl (C=S) groups is 1. The fraction of sp³-hybridized carbons (Fsp3) is 0.714. The fourth-order valence-corrected chi connectivity index (χ4v) is 1.52. The average Bonchev–Trinajstić information content (AvgIpc) is 2.38. The lowest BCUT2D eigenvalue weighted by atomic mass is 10.2. The number of aliphatic hydroxyl groups is 1. The van der Waals surface area contributed by atoms with Gasteiger partial charge in [0.2, 0.25) is 5.91 Å². The first-order chi connectivity index (χ1) is 5.70. The Hall–Kier alpha value is -0.680. The molecule has 0 radical (unpaired) electrons. The number of amides is 1. The van der Waals surface area contributed by atoms with Crippen molar-refractivity contribution in [3.8, 4) is 0 Å². The summed E-state index contributed by atoms with van der Waals surface area (Å²) in [5.74, 6) is -0.0547. The average molecular weight is 188 g/mol. The fourth-order valence-electron chi connectivity index (χ4n) is 1.20. The molecule has 0 aromatic rings. The summed E-state index contributed by atoms with van der Waals surface area (Å²) in [6.07, 6.45) is 0.712. The summed E-state index contributed by atoms with van der Waals surface area (Å²) in [7, 11) is 0. The van der Waals surface area contributed by atoms with E-state index >= 15 is 0 Å². The van der Waals surface area contributed by atoms with E-state index in [2.05, 4.69) is 5.32 Å². The number of nitrogens with zero attached hydrogens (tertiary/aromatic N) is 1. The maximum atomic E-state index is 11.2. The molecule has 1 unspecified atom stereocenters. The van der Waals surface area contributed by atoms with E-state index in [9.17, 15) is 4.79 Å². The van der Waals surface area contributed by atoms with Crippen molar-refractivity contribution in [3.63, 3.8) is 0 Å². The molecule has 0 aromatic heterocycles. The van der Waals surface area contributed by atoms with Crippen LogP contribution in [0, 0.1) is 0 Å². The first-order valence-electron chi connectivity index (χ1n) is 3.91. The number of aliphatic hydroxyl groups excluding tert-OH is 1. The molecule has 1 fully saturated rings. The molecule has 68 valence electrons. The number of hydrogen-bond donors (Lipinski definition) is 2. The third-order valence-corrected chi connectivity index (χ3v) is 2.27. The molecule has 0 spiro atoms. The summed E-state index contributed by atoms with van der Waals surface area (Å²) in [4.78, 5) is 12.7. The minimum Gasteiger partial charge on any atom is -0.394 e. The minimum atomic E-state index is -0.167. The van der Waals surface area contributed by atoms with Crippen LogP contribution in [0.3, 0.4) is 0 Å². The van der Waals surface area contributed by atoms with Crippen LogP contribution in [0.5, 0.6) is 0 Å². The number of rotatable bonds is 3. The maximum Gasteiger partial charge on any atom is 0.248 e. The van der Waals surface area contributed by atoms with Crippen molar-refractivity contribution in [1.29, 1.82) is 0 Å². The van der Waals surface area contributed by atoms with Gasteiger partial charge in [-0.25, -0.2) is 0 Å². The lowest BCUT2D eigenvalue weighted by molar-refractivity contribution is -0.126. The second-order valence-electron chi connectivity index (χ2n) is 2.67. The van der Waals surface area contributed by atoms with Gasteiger partial charge < -0.3 is 10.4 Å². The summed E-state index contributed by atoms with van der Waals surface area (Å²) in [6, 6.07) is -0.167. The number of hydrogen-bond acceptors (Lipinski definition) is 3. The van der Waals surface area contributed by atoms with Crippen molar-refractivity contribution in [2.45, 2.75) is 19.4 Å². The summed E-state index contributed by atoms with van der Waals surface area (Å²) >= 11 is 4.91. The molecule has 1 heterocycles. The van der Waals surface area contributed by atoms with Crippen molar-refractivity contribution in [2.24, 2.45) is 0 Å². The van der Waals surface area contributed by atoms with Gasteiger partial charge in [-0.15, -0.1) is 0 Å². The number of carbonyl (C=O) groups excluding carboxylic acids is 1. The molecule has 1 aliphatic heterocycles. The molecule has 1 saturated heterocycles. The highest BCUT2D eigenvalue weighted by Crippen LogP contribution is 2.08. The van der Waals surface area contributed by atoms with Gasteiger partial charge in [0.05, 0.1) is 19.2 Å². The highest BCUT2D eigenvalue weighted by molar-refractivity contribution is 7.80. The van der Waals surface area contributed by atoms with E-state index in [1.54, 1.807) is 0 Å². The van der Waals surface area contributed by atoms with E-state index in [0.29, 0.717) is 11.5 Å². The van der Waals surface area contributed by atoms with E-state index in [1.165, 1.54) is 4.90 Å². The van der Waals surface area contributed by atoms with Crippen molar-refractivity contribution in [1.82, 2.24) is 10.2 Å². The largest absolute Gasteiger partial charge is 0.394 e. The Morgan fingerprint density at radius 3 is 2.83 bits per heavy atom. The minimum absolute atomic E-state index is 0.0376. The molecule has 1 atom stereocenters. The molecule has 0 saturated carbocycles. The molecule has 0 aromatic carbocycles. The van der Waals surface area contributed by atoms with Crippen molar-refractivity contribution in [3.05, 3.63) is 0 Å². The third kappa shape index (κ3) is 1.56.